The molecule has 1 aliphatic heterocycles. The molecule has 0 bridgehead atoms. The summed E-state index contributed by atoms with van der Waals surface area (Å²) in [4.78, 5) is 26.5. The maximum absolute atomic E-state index is 12.5. The monoisotopic (exact) mass is 421 g/mol. The SMILES string of the molecule is CC(=O)N1c2ccc(S(=O)(=O)NCCC(=O)NCc3cccs3)cc2C[C@@H]1C. The van der Waals surface area contributed by atoms with E-state index in [-0.39, 0.29) is 35.7 Å². The predicted octanol–water partition coefficient (Wildman–Crippen LogP) is 2.03. The summed E-state index contributed by atoms with van der Waals surface area (Å²) in [6, 6.07) is 8.61. The van der Waals surface area contributed by atoms with E-state index in [4.69, 9.17) is 0 Å². The molecule has 0 saturated carbocycles. The van der Waals surface area contributed by atoms with E-state index in [0.717, 1.165) is 16.1 Å². The molecule has 0 spiro atoms. The molecule has 2 aromatic rings. The van der Waals surface area contributed by atoms with Gasteiger partial charge in [0, 0.05) is 36.5 Å². The molecule has 9 heteroatoms. The zero-order valence-electron chi connectivity index (χ0n) is 15.8. The highest BCUT2D eigenvalue weighted by Gasteiger charge is 2.30. The van der Waals surface area contributed by atoms with Crippen molar-refractivity contribution in [2.45, 2.75) is 44.2 Å². The third-order valence-corrected chi connectivity index (χ3v) is 6.94. The van der Waals surface area contributed by atoms with Crippen LogP contribution in [0.4, 0.5) is 5.69 Å². The van der Waals surface area contributed by atoms with Gasteiger partial charge in [-0.1, -0.05) is 6.07 Å². The van der Waals surface area contributed by atoms with E-state index in [2.05, 4.69) is 10.0 Å². The Morgan fingerprint density at radius 1 is 1.29 bits per heavy atom. The first-order valence-corrected chi connectivity index (χ1v) is 11.4. The summed E-state index contributed by atoms with van der Waals surface area (Å²) >= 11 is 1.55. The summed E-state index contributed by atoms with van der Waals surface area (Å²) in [5, 5.41) is 4.70. The van der Waals surface area contributed by atoms with Crippen molar-refractivity contribution in [3.63, 3.8) is 0 Å². The Morgan fingerprint density at radius 2 is 2.07 bits per heavy atom. The lowest BCUT2D eigenvalue weighted by Crippen LogP contribution is -2.33. The van der Waals surface area contributed by atoms with Crippen LogP contribution in [0.2, 0.25) is 0 Å². The van der Waals surface area contributed by atoms with Crippen molar-refractivity contribution < 1.29 is 18.0 Å². The predicted molar refractivity (Wildman–Crippen MR) is 109 cm³/mol. The zero-order valence-corrected chi connectivity index (χ0v) is 17.4. The fourth-order valence-corrected chi connectivity index (χ4v) is 5.05. The molecule has 3 rings (SSSR count). The van der Waals surface area contributed by atoms with Crippen LogP contribution in [0.15, 0.2) is 40.6 Å². The smallest absolute Gasteiger partial charge is 0.240 e. The Labute approximate surface area is 168 Å². The first-order valence-electron chi connectivity index (χ1n) is 8.99. The molecule has 1 aliphatic rings. The second-order valence-corrected chi connectivity index (χ2v) is 9.54. The number of rotatable bonds is 7. The third kappa shape index (κ3) is 4.60. The van der Waals surface area contributed by atoms with Crippen LogP contribution in [0, 0.1) is 0 Å². The minimum Gasteiger partial charge on any atom is -0.351 e. The van der Waals surface area contributed by atoms with Gasteiger partial charge in [0.25, 0.3) is 0 Å². The molecule has 28 heavy (non-hydrogen) atoms. The van der Waals surface area contributed by atoms with E-state index in [1.54, 1.807) is 28.4 Å². The fraction of sp³-hybridized carbons (Fsp3) is 0.368. The van der Waals surface area contributed by atoms with Crippen LogP contribution in [-0.2, 0) is 32.6 Å². The van der Waals surface area contributed by atoms with E-state index in [1.807, 2.05) is 24.4 Å². The molecule has 2 N–H and O–H groups in total. The lowest BCUT2D eigenvalue weighted by Gasteiger charge is -2.20. The average Bonchev–Trinajstić information content (AvgIpc) is 3.25. The minimum atomic E-state index is -3.72. The molecule has 0 saturated heterocycles. The Bertz CT molecular complexity index is 971. The molecule has 0 aliphatic carbocycles. The number of hydrogen-bond acceptors (Lipinski definition) is 5. The van der Waals surface area contributed by atoms with Crippen LogP contribution >= 0.6 is 11.3 Å². The number of sulfonamides is 1. The second kappa shape index (κ2) is 8.42. The summed E-state index contributed by atoms with van der Waals surface area (Å²) in [6.07, 6.45) is 0.675. The number of anilines is 1. The summed E-state index contributed by atoms with van der Waals surface area (Å²) in [7, 11) is -3.72. The molecule has 1 atom stereocenters. The van der Waals surface area contributed by atoms with Gasteiger partial charge < -0.3 is 10.2 Å². The van der Waals surface area contributed by atoms with Gasteiger partial charge in [0.05, 0.1) is 11.4 Å². The molecular formula is C19H23N3O4S2. The van der Waals surface area contributed by atoms with Gasteiger partial charge in [-0.15, -0.1) is 11.3 Å². The van der Waals surface area contributed by atoms with Crippen molar-refractivity contribution in [3.8, 4) is 0 Å². The number of nitrogens with zero attached hydrogens (tertiary/aromatic N) is 1. The lowest BCUT2D eigenvalue weighted by molar-refractivity contribution is -0.121. The molecular weight excluding hydrogens is 398 g/mol. The molecule has 1 aromatic carbocycles. The fourth-order valence-electron chi connectivity index (χ4n) is 3.32. The van der Waals surface area contributed by atoms with Gasteiger partial charge in [0.2, 0.25) is 21.8 Å². The molecule has 0 fully saturated rings. The van der Waals surface area contributed by atoms with Gasteiger partial charge in [-0.3, -0.25) is 9.59 Å². The zero-order chi connectivity index (χ0) is 20.3. The molecule has 0 unspecified atom stereocenters. The van der Waals surface area contributed by atoms with E-state index >= 15 is 0 Å². The van der Waals surface area contributed by atoms with Crippen LogP contribution in [0.3, 0.4) is 0 Å². The minimum absolute atomic E-state index is 0.00505. The van der Waals surface area contributed by atoms with Crippen LogP contribution < -0.4 is 14.9 Å². The number of carbonyl (C=O) groups excluding carboxylic acids is 2. The molecule has 1 aromatic heterocycles. The number of hydrogen-bond donors (Lipinski definition) is 2. The lowest BCUT2D eigenvalue weighted by atomic mass is 10.1. The summed E-state index contributed by atoms with van der Waals surface area (Å²) in [5.74, 6) is -0.274. The second-order valence-electron chi connectivity index (χ2n) is 6.74. The Balaban J connectivity index is 1.57. The molecule has 0 radical (unpaired) electrons. The van der Waals surface area contributed by atoms with Crippen molar-refractivity contribution in [1.82, 2.24) is 10.0 Å². The van der Waals surface area contributed by atoms with Gasteiger partial charge in [-0.2, -0.15) is 0 Å². The van der Waals surface area contributed by atoms with Crippen LogP contribution in [-0.4, -0.2) is 32.8 Å². The number of amides is 2. The van der Waals surface area contributed by atoms with Crippen LogP contribution in [0.1, 0.15) is 30.7 Å². The summed E-state index contributed by atoms with van der Waals surface area (Å²) in [6.45, 7) is 3.90. The largest absolute Gasteiger partial charge is 0.351 e. The molecule has 2 heterocycles. The van der Waals surface area contributed by atoms with Crippen molar-refractivity contribution in [1.29, 1.82) is 0 Å². The van der Waals surface area contributed by atoms with Crippen LogP contribution in [0.5, 0.6) is 0 Å². The normalized spacial score (nSPS) is 16.1. The highest BCUT2D eigenvalue weighted by atomic mass is 32.2. The van der Waals surface area contributed by atoms with E-state index in [0.29, 0.717) is 13.0 Å². The quantitative estimate of drug-likeness (QED) is 0.715. The first kappa shape index (κ1) is 20.5. The van der Waals surface area contributed by atoms with E-state index < -0.39 is 10.0 Å². The van der Waals surface area contributed by atoms with Crippen LogP contribution in [0.25, 0.3) is 0 Å². The highest BCUT2D eigenvalue weighted by molar-refractivity contribution is 7.89. The van der Waals surface area contributed by atoms with Crippen molar-refractivity contribution in [2.24, 2.45) is 0 Å². The summed E-state index contributed by atoms with van der Waals surface area (Å²) < 4.78 is 27.5. The van der Waals surface area contributed by atoms with E-state index in [1.165, 1.54) is 13.0 Å². The van der Waals surface area contributed by atoms with Crippen molar-refractivity contribution in [2.75, 3.05) is 11.4 Å². The Kier molecular flexibility index (Phi) is 6.17. The van der Waals surface area contributed by atoms with Crippen molar-refractivity contribution in [3.05, 3.63) is 46.2 Å². The third-order valence-electron chi connectivity index (χ3n) is 4.60. The van der Waals surface area contributed by atoms with Gasteiger partial charge >= 0.3 is 0 Å². The maximum atomic E-state index is 12.5. The standard InChI is InChI=1S/C19H23N3O4S2/c1-13-10-15-11-17(5-6-18(15)22(13)14(2)23)28(25,26)21-8-7-19(24)20-12-16-4-3-9-27-16/h3-6,9,11,13,21H,7-8,10,12H2,1-2H3,(H,20,24)/t13-/m0/s1. The van der Waals surface area contributed by atoms with Gasteiger partial charge in [-0.05, 0) is 48.6 Å². The summed E-state index contributed by atoms with van der Waals surface area (Å²) in [5.41, 5.74) is 1.59. The number of nitrogens with one attached hydrogen (secondary N) is 2. The van der Waals surface area contributed by atoms with Gasteiger partial charge in [-0.25, -0.2) is 13.1 Å². The number of thiophene rings is 1. The number of fused-ring (bicyclic) bond motifs is 1. The maximum Gasteiger partial charge on any atom is 0.240 e. The Morgan fingerprint density at radius 3 is 2.75 bits per heavy atom. The first-order chi connectivity index (χ1) is 13.3. The molecule has 150 valence electrons. The molecule has 2 amide bonds. The number of carbonyl (C=O) groups is 2. The van der Waals surface area contributed by atoms with E-state index in [9.17, 15) is 18.0 Å². The van der Waals surface area contributed by atoms with Crippen molar-refractivity contribution >= 4 is 38.9 Å². The topological polar surface area (TPSA) is 95.6 Å². The van der Waals surface area contributed by atoms with Gasteiger partial charge in [0.1, 0.15) is 0 Å². The average molecular weight is 422 g/mol. The molecule has 7 nitrogen and oxygen atoms in total. The van der Waals surface area contributed by atoms with Gasteiger partial charge in [0.15, 0.2) is 0 Å². The highest BCUT2D eigenvalue weighted by Crippen LogP contribution is 2.33. The Hall–Kier alpha value is -2.23. The number of benzene rings is 1.